The molecule has 0 aliphatic rings. The first kappa shape index (κ1) is 13.2. The molecule has 0 saturated carbocycles. The van der Waals surface area contributed by atoms with Crippen LogP contribution in [-0.4, -0.2) is 31.0 Å². The highest BCUT2D eigenvalue weighted by Crippen LogP contribution is 1.93. The molecule has 86 valence electrons. The monoisotopic (exact) mass is 215 g/mol. The summed E-state index contributed by atoms with van der Waals surface area (Å²) in [5.41, 5.74) is 15.5. The lowest BCUT2D eigenvalue weighted by Crippen LogP contribution is -2.26. The number of carbonyl (C=O) groups is 1. The summed E-state index contributed by atoms with van der Waals surface area (Å²) >= 11 is 0. The number of rotatable bonds is 5. The van der Waals surface area contributed by atoms with Gasteiger partial charge in [0.1, 0.15) is 0 Å². The van der Waals surface area contributed by atoms with Crippen LogP contribution >= 0.6 is 0 Å². The second-order valence-corrected chi connectivity index (χ2v) is 2.69. The van der Waals surface area contributed by atoms with E-state index in [2.05, 4.69) is 9.98 Å². The quantitative estimate of drug-likeness (QED) is 0.232. The molecular weight excluding hydrogens is 198 g/mol. The van der Waals surface area contributed by atoms with Crippen molar-refractivity contribution in [2.75, 3.05) is 13.2 Å². The minimum atomic E-state index is -0.242. The van der Waals surface area contributed by atoms with E-state index in [0.717, 1.165) is 0 Å². The summed E-state index contributed by atoms with van der Waals surface area (Å²) in [7, 11) is 0. The maximum absolute atomic E-state index is 10.9. The van der Waals surface area contributed by atoms with Crippen LogP contribution in [0.1, 0.15) is 19.8 Å². The molecule has 0 atom stereocenters. The Kier molecular flexibility index (Phi) is 6.69. The zero-order valence-corrected chi connectivity index (χ0v) is 8.77. The second kappa shape index (κ2) is 7.60. The maximum atomic E-state index is 10.9. The first-order valence-electron chi connectivity index (χ1n) is 4.61. The molecule has 15 heavy (non-hydrogen) atoms. The van der Waals surface area contributed by atoms with E-state index in [1.54, 1.807) is 6.92 Å². The highest BCUT2D eigenvalue weighted by atomic mass is 16.5. The Hall–Kier alpha value is -1.79. The third-order valence-electron chi connectivity index (χ3n) is 1.36. The molecule has 6 N–H and O–H groups in total. The molecule has 7 heteroatoms. The summed E-state index contributed by atoms with van der Waals surface area (Å²) < 4.78 is 4.73. The molecule has 0 aromatic carbocycles. The van der Waals surface area contributed by atoms with E-state index >= 15 is 0 Å². The zero-order valence-electron chi connectivity index (χ0n) is 8.77. The van der Waals surface area contributed by atoms with Gasteiger partial charge in [0.05, 0.1) is 6.61 Å². The highest BCUT2D eigenvalue weighted by Gasteiger charge is 1.99. The van der Waals surface area contributed by atoms with E-state index in [1.165, 1.54) is 0 Å². The Morgan fingerprint density at radius 2 is 2.00 bits per heavy atom. The summed E-state index contributed by atoms with van der Waals surface area (Å²) in [5.74, 6) is -0.367. The van der Waals surface area contributed by atoms with Gasteiger partial charge >= 0.3 is 5.97 Å². The molecule has 0 rings (SSSR count). The molecule has 0 aliphatic carbocycles. The van der Waals surface area contributed by atoms with Crippen LogP contribution in [0, 0.1) is 0 Å². The van der Waals surface area contributed by atoms with Crippen molar-refractivity contribution in [1.29, 1.82) is 0 Å². The van der Waals surface area contributed by atoms with Crippen molar-refractivity contribution in [3.8, 4) is 0 Å². The smallest absolute Gasteiger partial charge is 0.305 e. The van der Waals surface area contributed by atoms with Gasteiger partial charge in [0.2, 0.25) is 5.96 Å². The van der Waals surface area contributed by atoms with Gasteiger partial charge in [-0.05, 0) is 13.3 Å². The molecule has 0 radical (unpaired) electrons. The molecule has 0 unspecified atom stereocenters. The van der Waals surface area contributed by atoms with Gasteiger partial charge in [-0.3, -0.25) is 9.79 Å². The number of hydrogen-bond donors (Lipinski definition) is 3. The number of carbonyl (C=O) groups excluding carboxylic acids is 1. The Morgan fingerprint density at radius 1 is 1.33 bits per heavy atom. The van der Waals surface area contributed by atoms with Crippen molar-refractivity contribution in [3.63, 3.8) is 0 Å². The van der Waals surface area contributed by atoms with Crippen LogP contribution in [0.5, 0.6) is 0 Å². The third kappa shape index (κ3) is 8.54. The number of guanidine groups is 2. The molecule has 0 spiro atoms. The lowest BCUT2D eigenvalue weighted by Gasteiger charge is -1.99. The van der Waals surface area contributed by atoms with Crippen molar-refractivity contribution >= 4 is 17.9 Å². The Balaban J connectivity index is 3.70. The van der Waals surface area contributed by atoms with Crippen LogP contribution in [0.25, 0.3) is 0 Å². The molecule has 0 fully saturated rings. The molecule has 0 bridgehead atoms. The first-order valence-corrected chi connectivity index (χ1v) is 4.61. The van der Waals surface area contributed by atoms with E-state index in [0.29, 0.717) is 26.0 Å². The number of ether oxygens (including phenoxy) is 1. The summed E-state index contributed by atoms with van der Waals surface area (Å²) in [5, 5.41) is 0. The topological polar surface area (TPSA) is 129 Å². The van der Waals surface area contributed by atoms with Gasteiger partial charge in [-0.15, -0.1) is 0 Å². The van der Waals surface area contributed by atoms with Crippen molar-refractivity contribution in [2.45, 2.75) is 19.8 Å². The van der Waals surface area contributed by atoms with Crippen molar-refractivity contribution in [1.82, 2.24) is 0 Å². The van der Waals surface area contributed by atoms with E-state index in [1.807, 2.05) is 0 Å². The SMILES string of the molecule is CCOC(=O)CCCN=C(N)N=C(N)N. The van der Waals surface area contributed by atoms with Gasteiger partial charge in [-0.2, -0.15) is 4.99 Å². The van der Waals surface area contributed by atoms with E-state index in [-0.39, 0.29) is 17.9 Å². The number of hydrogen-bond acceptors (Lipinski definition) is 3. The second-order valence-electron chi connectivity index (χ2n) is 2.69. The van der Waals surface area contributed by atoms with Gasteiger partial charge in [-0.1, -0.05) is 0 Å². The highest BCUT2D eigenvalue weighted by molar-refractivity contribution is 5.92. The number of esters is 1. The third-order valence-corrected chi connectivity index (χ3v) is 1.36. The zero-order chi connectivity index (χ0) is 11.7. The lowest BCUT2D eigenvalue weighted by atomic mass is 10.3. The first-order chi connectivity index (χ1) is 7.06. The van der Waals surface area contributed by atoms with Crippen molar-refractivity contribution in [2.24, 2.45) is 27.2 Å². The van der Waals surface area contributed by atoms with E-state index in [4.69, 9.17) is 21.9 Å². The Morgan fingerprint density at radius 3 is 2.53 bits per heavy atom. The number of aliphatic imine (C=N–C) groups is 2. The van der Waals surface area contributed by atoms with Crippen molar-refractivity contribution in [3.05, 3.63) is 0 Å². The maximum Gasteiger partial charge on any atom is 0.305 e. The minimum absolute atomic E-state index is 0.0128. The Bertz CT molecular complexity index is 258. The standard InChI is InChI=1S/C8H17N5O2/c1-2-15-6(14)4-3-5-12-8(11)13-7(9)10/h2-5H2,1H3,(H6,9,10,11,12,13). The normalized spacial score (nSPS) is 10.9. The van der Waals surface area contributed by atoms with Gasteiger partial charge in [-0.25, -0.2) is 0 Å². The molecule has 0 heterocycles. The minimum Gasteiger partial charge on any atom is -0.466 e. The summed E-state index contributed by atoms with van der Waals surface area (Å²) in [6, 6.07) is 0. The van der Waals surface area contributed by atoms with E-state index in [9.17, 15) is 4.79 Å². The van der Waals surface area contributed by atoms with Crippen LogP contribution in [0.15, 0.2) is 9.98 Å². The summed E-state index contributed by atoms with van der Waals surface area (Å²) in [4.78, 5) is 18.2. The van der Waals surface area contributed by atoms with Crippen LogP contribution in [0.4, 0.5) is 0 Å². The molecule has 7 nitrogen and oxygen atoms in total. The fourth-order valence-electron chi connectivity index (χ4n) is 0.818. The molecular formula is C8H17N5O2. The van der Waals surface area contributed by atoms with Gasteiger partial charge < -0.3 is 21.9 Å². The van der Waals surface area contributed by atoms with Gasteiger partial charge in [0, 0.05) is 13.0 Å². The predicted molar refractivity (Wildman–Crippen MR) is 58.2 cm³/mol. The van der Waals surface area contributed by atoms with E-state index < -0.39 is 0 Å². The average molecular weight is 215 g/mol. The van der Waals surface area contributed by atoms with Gasteiger partial charge in [0.25, 0.3) is 0 Å². The van der Waals surface area contributed by atoms with Crippen LogP contribution in [0.3, 0.4) is 0 Å². The fraction of sp³-hybridized carbons (Fsp3) is 0.625. The Labute approximate surface area is 88.4 Å². The van der Waals surface area contributed by atoms with Crippen LogP contribution in [-0.2, 0) is 9.53 Å². The molecule has 0 aromatic heterocycles. The molecule has 0 aliphatic heterocycles. The van der Waals surface area contributed by atoms with Crippen LogP contribution < -0.4 is 17.2 Å². The van der Waals surface area contributed by atoms with Gasteiger partial charge in [0.15, 0.2) is 5.96 Å². The molecule has 0 aromatic rings. The van der Waals surface area contributed by atoms with Crippen LogP contribution in [0.2, 0.25) is 0 Å². The number of nitrogens with two attached hydrogens (primary N) is 3. The lowest BCUT2D eigenvalue weighted by molar-refractivity contribution is -0.143. The fourth-order valence-corrected chi connectivity index (χ4v) is 0.818. The molecule has 0 amide bonds. The number of nitrogens with zero attached hydrogens (tertiary/aromatic N) is 2. The predicted octanol–water partition coefficient (Wildman–Crippen LogP) is -1.08. The largest absolute Gasteiger partial charge is 0.466 e. The average Bonchev–Trinajstić information content (AvgIpc) is 2.12. The molecule has 0 saturated heterocycles. The summed E-state index contributed by atoms with van der Waals surface area (Å²) in [6.07, 6.45) is 0.867. The summed E-state index contributed by atoms with van der Waals surface area (Å²) in [6.45, 7) is 2.53. The van der Waals surface area contributed by atoms with Crippen molar-refractivity contribution < 1.29 is 9.53 Å².